The third-order valence-electron chi connectivity index (χ3n) is 2.75. The van der Waals surface area contributed by atoms with Gasteiger partial charge in [-0.3, -0.25) is 19.7 Å². The summed E-state index contributed by atoms with van der Waals surface area (Å²) in [5.74, 6) is -1.50. The first-order valence-corrected chi connectivity index (χ1v) is 6.89. The van der Waals surface area contributed by atoms with E-state index < -0.39 is 11.9 Å². The lowest BCUT2D eigenvalue weighted by Crippen LogP contribution is -2.15. The Morgan fingerprint density at radius 2 is 2.14 bits per heavy atom. The third-order valence-corrected chi connectivity index (χ3v) is 3.56. The van der Waals surface area contributed by atoms with Gasteiger partial charge >= 0.3 is 5.97 Å². The molecule has 0 spiro atoms. The molecule has 2 rings (SSSR count). The number of amides is 1. The molecule has 1 amide bonds. The molecular formula is C13H13N3O4S. The van der Waals surface area contributed by atoms with Crippen molar-refractivity contribution in [3.63, 3.8) is 0 Å². The first kappa shape index (κ1) is 14.9. The van der Waals surface area contributed by atoms with Crippen molar-refractivity contribution in [1.29, 1.82) is 0 Å². The second kappa shape index (κ2) is 5.88. The number of carboxylic acid groups (broad SMARTS) is 1. The van der Waals surface area contributed by atoms with Crippen molar-refractivity contribution in [1.82, 2.24) is 9.55 Å². The Morgan fingerprint density at radius 3 is 2.71 bits per heavy atom. The van der Waals surface area contributed by atoms with Crippen molar-refractivity contribution in [2.24, 2.45) is 7.05 Å². The molecule has 0 saturated heterocycles. The molecule has 0 aliphatic heterocycles. The van der Waals surface area contributed by atoms with E-state index in [2.05, 4.69) is 10.3 Å². The van der Waals surface area contributed by atoms with Crippen LogP contribution in [0, 0.1) is 0 Å². The van der Waals surface area contributed by atoms with Crippen molar-refractivity contribution < 1.29 is 19.5 Å². The van der Waals surface area contributed by atoms with Crippen LogP contribution in [0.2, 0.25) is 0 Å². The van der Waals surface area contributed by atoms with E-state index in [1.54, 1.807) is 23.2 Å². The fraction of sp³-hybridized carbons (Fsp3) is 0.231. The van der Waals surface area contributed by atoms with E-state index in [9.17, 15) is 14.4 Å². The lowest BCUT2D eigenvalue weighted by Gasteiger charge is -2.02. The van der Waals surface area contributed by atoms with E-state index in [0.29, 0.717) is 22.1 Å². The highest BCUT2D eigenvalue weighted by Gasteiger charge is 2.15. The minimum Gasteiger partial charge on any atom is -0.481 e. The average Bonchev–Trinajstić information content (AvgIpc) is 2.95. The van der Waals surface area contributed by atoms with Crippen LogP contribution in [-0.4, -0.2) is 32.3 Å². The number of rotatable bonds is 5. The van der Waals surface area contributed by atoms with Crippen molar-refractivity contribution in [2.45, 2.75) is 13.3 Å². The number of carbonyl (C=O) groups is 3. The van der Waals surface area contributed by atoms with Crippen LogP contribution < -0.4 is 5.32 Å². The molecule has 110 valence electrons. The lowest BCUT2D eigenvalue weighted by atomic mass is 10.2. The van der Waals surface area contributed by atoms with Crippen LogP contribution in [0.1, 0.15) is 33.5 Å². The van der Waals surface area contributed by atoms with Gasteiger partial charge in [0.2, 0.25) is 0 Å². The summed E-state index contributed by atoms with van der Waals surface area (Å²) in [5.41, 5.74) is 1.17. The molecule has 0 aromatic carbocycles. The van der Waals surface area contributed by atoms with Crippen LogP contribution in [0.4, 0.5) is 5.13 Å². The molecular weight excluding hydrogens is 294 g/mol. The standard InChI is InChI=1S/C13H13N3O4S/c1-7(17)8-3-10(16(2)5-8)12(20)15-13-14-9(6-21-13)4-11(18)19/h3,5-6H,4H2,1-2H3,(H,18,19)(H,14,15,20). The summed E-state index contributed by atoms with van der Waals surface area (Å²) in [7, 11) is 1.67. The first-order valence-electron chi connectivity index (χ1n) is 6.01. The zero-order valence-corrected chi connectivity index (χ0v) is 12.2. The number of anilines is 1. The molecule has 2 aromatic heterocycles. The van der Waals surface area contributed by atoms with Gasteiger partial charge in [-0.15, -0.1) is 11.3 Å². The number of hydrogen-bond donors (Lipinski definition) is 2. The molecule has 0 fully saturated rings. The monoisotopic (exact) mass is 307 g/mol. The van der Waals surface area contributed by atoms with Gasteiger partial charge in [0.05, 0.1) is 12.1 Å². The lowest BCUT2D eigenvalue weighted by molar-refractivity contribution is -0.136. The second-order valence-electron chi connectivity index (χ2n) is 4.45. The number of aromatic nitrogens is 2. The highest BCUT2D eigenvalue weighted by atomic mass is 32.1. The molecule has 0 unspecified atom stereocenters. The molecule has 2 aromatic rings. The third kappa shape index (κ3) is 3.54. The number of Topliss-reactive ketones (excluding diaryl/α,β-unsaturated/α-hetero) is 1. The van der Waals surface area contributed by atoms with Crippen LogP contribution in [-0.2, 0) is 18.3 Å². The maximum absolute atomic E-state index is 12.1. The average molecular weight is 307 g/mol. The fourth-order valence-electron chi connectivity index (χ4n) is 1.74. The predicted octanol–water partition coefficient (Wildman–Crippen LogP) is 1.56. The summed E-state index contributed by atoms with van der Waals surface area (Å²) in [6.45, 7) is 1.43. The molecule has 0 aliphatic rings. The number of ketones is 1. The van der Waals surface area contributed by atoms with Crippen LogP contribution >= 0.6 is 11.3 Å². The Labute approximate surface area is 124 Å². The number of carboxylic acids is 1. The Kier molecular flexibility index (Phi) is 4.18. The van der Waals surface area contributed by atoms with E-state index in [1.807, 2.05) is 0 Å². The Morgan fingerprint density at radius 1 is 1.43 bits per heavy atom. The van der Waals surface area contributed by atoms with E-state index in [4.69, 9.17) is 5.11 Å². The molecule has 2 heterocycles. The van der Waals surface area contributed by atoms with Gasteiger partial charge in [-0.1, -0.05) is 0 Å². The normalized spacial score (nSPS) is 10.4. The maximum Gasteiger partial charge on any atom is 0.309 e. The van der Waals surface area contributed by atoms with E-state index in [0.717, 1.165) is 11.3 Å². The van der Waals surface area contributed by atoms with Gasteiger partial charge in [-0.2, -0.15) is 0 Å². The number of aliphatic carboxylic acids is 1. The fourth-order valence-corrected chi connectivity index (χ4v) is 2.45. The SMILES string of the molecule is CC(=O)c1cc(C(=O)Nc2nc(CC(=O)O)cs2)n(C)c1. The van der Waals surface area contributed by atoms with Crippen molar-refractivity contribution in [3.05, 3.63) is 34.6 Å². The van der Waals surface area contributed by atoms with Crippen LogP contribution in [0.15, 0.2) is 17.6 Å². The number of aryl methyl sites for hydroxylation is 1. The van der Waals surface area contributed by atoms with E-state index >= 15 is 0 Å². The highest BCUT2D eigenvalue weighted by molar-refractivity contribution is 7.14. The van der Waals surface area contributed by atoms with E-state index in [-0.39, 0.29) is 12.2 Å². The molecule has 0 bridgehead atoms. The summed E-state index contributed by atoms with van der Waals surface area (Å²) in [5, 5.41) is 13.2. The molecule has 0 aliphatic carbocycles. The smallest absolute Gasteiger partial charge is 0.309 e. The molecule has 21 heavy (non-hydrogen) atoms. The Bertz CT molecular complexity index is 717. The summed E-state index contributed by atoms with van der Waals surface area (Å²) in [6, 6.07) is 1.50. The Balaban J connectivity index is 2.12. The van der Waals surface area contributed by atoms with Gasteiger partial charge in [0.15, 0.2) is 10.9 Å². The summed E-state index contributed by atoms with van der Waals surface area (Å²) in [4.78, 5) is 38.0. The second-order valence-corrected chi connectivity index (χ2v) is 5.31. The summed E-state index contributed by atoms with van der Waals surface area (Å²) >= 11 is 1.15. The maximum atomic E-state index is 12.1. The molecule has 2 N–H and O–H groups in total. The zero-order valence-electron chi connectivity index (χ0n) is 11.4. The quantitative estimate of drug-likeness (QED) is 0.816. The predicted molar refractivity (Wildman–Crippen MR) is 76.8 cm³/mol. The van der Waals surface area contributed by atoms with Gasteiger partial charge in [-0.05, 0) is 13.0 Å². The molecule has 0 radical (unpaired) electrons. The molecule has 7 nitrogen and oxygen atoms in total. The van der Waals surface area contributed by atoms with Crippen molar-refractivity contribution in [2.75, 3.05) is 5.32 Å². The number of thiazole rings is 1. The number of nitrogens with zero attached hydrogens (tertiary/aromatic N) is 2. The number of hydrogen-bond acceptors (Lipinski definition) is 5. The molecule has 8 heteroatoms. The zero-order chi connectivity index (χ0) is 15.6. The van der Waals surface area contributed by atoms with E-state index in [1.165, 1.54) is 13.0 Å². The number of carbonyl (C=O) groups excluding carboxylic acids is 2. The van der Waals surface area contributed by atoms with Gasteiger partial charge in [0.1, 0.15) is 5.69 Å². The topological polar surface area (TPSA) is 101 Å². The van der Waals surface area contributed by atoms with Crippen LogP contribution in [0.5, 0.6) is 0 Å². The minimum atomic E-state index is -0.980. The van der Waals surface area contributed by atoms with Gasteiger partial charge < -0.3 is 9.67 Å². The highest BCUT2D eigenvalue weighted by Crippen LogP contribution is 2.17. The molecule has 0 saturated carbocycles. The van der Waals surface area contributed by atoms with Gasteiger partial charge in [-0.25, -0.2) is 4.98 Å². The minimum absolute atomic E-state index is 0.123. The number of nitrogens with one attached hydrogen (secondary N) is 1. The largest absolute Gasteiger partial charge is 0.481 e. The summed E-state index contributed by atoms with van der Waals surface area (Å²) in [6.07, 6.45) is 1.39. The van der Waals surface area contributed by atoms with Crippen LogP contribution in [0.25, 0.3) is 0 Å². The first-order chi connectivity index (χ1) is 9.86. The Hall–Kier alpha value is -2.48. The molecule has 0 atom stereocenters. The summed E-state index contributed by atoms with van der Waals surface area (Å²) < 4.78 is 1.55. The van der Waals surface area contributed by atoms with Crippen molar-refractivity contribution in [3.8, 4) is 0 Å². The van der Waals surface area contributed by atoms with Gasteiger partial charge in [0.25, 0.3) is 5.91 Å². The van der Waals surface area contributed by atoms with Crippen LogP contribution in [0.3, 0.4) is 0 Å². The van der Waals surface area contributed by atoms with Gasteiger partial charge in [0, 0.05) is 24.2 Å². The van der Waals surface area contributed by atoms with Crippen molar-refractivity contribution >= 4 is 34.1 Å².